The zero-order valence-corrected chi connectivity index (χ0v) is 19.8. The van der Waals surface area contributed by atoms with Crippen molar-refractivity contribution in [2.75, 3.05) is 23.7 Å². The molecule has 0 atom stereocenters. The van der Waals surface area contributed by atoms with Crippen LogP contribution in [0.1, 0.15) is 18.4 Å². The van der Waals surface area contributed by atoms with Gasteiger partial charge in [-0.1, -0.05) is 41.6 Å². The highest BCUT2D eigenvalue weighted by Gasteiger charge is 2.42. The number of rotatable bonds is 3. The number of hydrogen-bond acceptors (Lipinski definition) is 7. The largest absolute Gasteiger partial charge is 0.487 e. The minimum atomic E-state index is -0.0889. The number of anilines is 2. The van der Waals surface area contributed by atoms with Gasteiger partial charge in [-0.25, -0.2) is 15.0 Å². The lowest BCUT2D eigenvalue weighted by Crippen LogP contribution is -2.47. The summed E-state index contributed by atoms with van der Waals surface area (Å²) in [6.45, 7) is 1.81. The molecule has 0 saturated carbocycles. The van der Waals surface area contributed by atoms with E-state index in [0.29, 0.717) is 10.8 Å². The summed E-state index contributed by atoms with van der Waals surface area (Å²) < 4.78 is 8.56. The number of aromatic nitrogens is 4. The van der Waals surface area contributed by atoms with E-state index in [4.69, 9.17) is 32.0 Å². The van der Waals surface area contributed by atoms with Crippen molar-refractivity contribution >= 4 is 51.8 Å². The van der Waals surface area contributed by atoms with Gasteiger partial charge in [-0.05, 0) is 29.8 Å². The summed E-state index contributed by atoms with van der Waals surface area (Å²) in [5, 5.41) is 0.465. The number of hydrogen-bond donors (Lipinski definition) is 1. The molecule has 1 spiro atoms. The molecule has 170 valence electrons. The SMILES string of the molecule is Nc1nccc(Sc2ccc3nc(N4CCC5(CC4)Cc4ccccc4O5)c4cnc2n34)c1Cl. The Bertz CT molecular complexity index is 1520. The fraction of sp³-hybridized carbons (Fsp3) is 0.240. The van der Waals surface area contributed by atoms with E-state index in [-0.39, 0.29) is 5.60 Å². The molecule has 2 aliphatic heterocycles. The topological polar surface area (TPSA) is 81.6 Å². The molecule has 4 aromatic heterocycles. The van der Waals surface area contributed by atoms with Gasteiger partial charge in [0.2, 0.25) is 0 Å². The first-order valence-corrected chi connectivity index (χ1v) is 12.5. The monoisotopic (exact) mass is 488 g/mol. The molecule has 6 heterocycles. The van der Waals surface area contributed by atoms with Crippen molar-refractivity contribution < 1.29 is 4.74 Å². The first-order chi connectivity index (χ1) is 16.6. The summed E-state index contributed by atoms with van der Waals surface area (Å²) in [6.07, 6.45) is 6.53. The van der Waals surface area contributed by atoms with E-state index in [1.54, 1.807) is 6.20 Å². The van der Waals surface area contributed by atoms with E-state index in [2.05, 4.69) is 32.5 Å². The second kappa shape index (κ2) is 7.38. The van der Waals surface area contributed by atoms with Gasteiger partial charge in [0, 0.05) is 43.4 Å². The van der Waals surface area contributed by atoms with Crippen molar-refractivity contribution in [3.8, 4) is 5.75 Å². The molecule has 5 aromatic rings. The second-order valence-corrected chi connectivity index (χ2v) is 10.4. The van der Waals surface area contributed by atoms with Gasteiger partial charge in [-0.2, -0.15) is 0 Å². The van der Waals surface area contributed by atoms with Crippen LogP contribution in [0, 0.1) is 0 Å². The van der Waals surface area contributed by atoms with Crippen LogP contribution in [0.15, 0.2) is 64.6 Å². The zero-order valence-electron chi connectivity index (χ0n) is 18.2. The highest BCUT2D eigenvalue weighted by Crippen LogP contribution is 2.43. The summed E-state index contributed by atoms with van der Waals surface area (Å²) in [5.41, 5.74) is 9.90. The number of pyridine rings is 2. The number of ether oxygens (including phenoxy) is 1. The minimum absolute atomic E-state index is 0.0889. The van der Waals surface area contributed by atoms with Crippen LogP contribution in [0.2, 0.25) is 5.02 Å². The summed E-state index contributed by atoms with van der Waals surface area (Å²) >= 11 is 7.91. The second-order valence-electron chi connectivity index (χ2n) is 8.96. The fourth-order valence-electron chi connectivity index (χ4n) is 5.19. The van der Waals surface area contributed by atoms with Crippen LogP contribution in [0.3, 0.4) is 0 Å². The van der Waals surface area contributed by atoms with Crippen molar-refractivity contribution in [2.24, 2.45) is 0 Å². The van der Waals surface area contributed by atoms with Gasteiger partial charge in [-0.15, -0.1) is 0 Å². The van der Waals surface area contributed by atoms with Gasteiger partial charge in [0.05, 0.1) is 16.1 Å². The smallest absolute Gasteiger partial charge is 0.157 e. The van der Waals surface area contributed by atoms with Crippen molar-refractivity contribution in [3.63, 3.8) is 0 Å². The molecule has 0 aliphatic carbocycles. The molecular weight excluding hydrogens is 468 g/mol. The Kier molecular flexibility index (Phi) is 4.38. The van der Waals surface area contributed by atoms with Crippen LogP contribution < -0.4 is 15.4 Å². The Balaban J connectivity index is 1.17. The molecule has 9 heteroatoms. The quantitative estimate of drug-likeness (QED) is 0.379. The molecule has 0 amide bonds. The zero-order chi connectivity index (χ0) is 22.9. The van der Waals surface area contributed by atoms with E-state index >= 15 is 0 Å². The van der Waals surface area contributed by atoms with Gasteiger partial charge in [0.15, 0.2) is 11.5 Å². The standard InChI is InChI=1S/C25H21ClN6OS/c26-21-18(7-10-28-22(21)27)34-19-5-6-20-30-23(16-14-29-24(19)32(16)20)31-11-8-25(9-12-31)13-15-3-1-2-4-17(15)33-25/h1-7,10,14H,8-9,11-13H2,(H2,27,28). The molecule has 0 bridgehead atoms. The molecule has 2 aliphatic rings. The third kappa shape index (κ3) is 3.02. The molecule has 0 unspecified atom stereocenters. The van der Waals surface area contributed by atoms with Gasteiger partial charge < -0.3 is 15.4 Å². The van der Waals surface area contributed by atoms with Crippen molar-refractivity contribution in [1.82, 2.24) is 19.4 Å². The van der Waals surface area contributed by atoms with E-state index in [1.165, 1.54) is 17.3 Å². The Morgan fingerprint density at radius 1 is 1.03 bits per heavy atom. The minimum Gasteiger partial charge on any atom is -0.487 e. The van der Waals surface area contributed by atoms with E-state index < -0.39 is 0 Å². The van der Waals surface area contributed by atoms with Crippen LogP contribution in [0.4, 0.5) is 11.6 Å². The summed E-state index contributed by atoms with van der Waals surface area (Å²) in [6, 6.07) is 14.4. The lowest BCUT2D eigenvalue weighted by Gasteiger charge is -2.38. The van der Waals surface area contributed by atoms with Gasteiger partial charge >= 0.3 is 0 Å². The number of benzene rings is 1. The number of halogens is 1. The molecule has 1 aromatic carbocycles. The number of piperidine rings is 1. The lowest BCUT2D eigenvalue weighted by molar-refractivity contribution is 0.0667. The van der Waals surface area contributed by atoms with E-state index in [0.717, 1.165) is 70.5 Å². The highest BCUT2D eigenvalue weighted by atomic mass is 35.5. The van der Waals surface area contributed by atoms with Crippen LogP contribution in [-0.4, -0.2) is 38.0 Å². The Morgan fingerprint density at radius 2 is 1.88 bits per heavy atom. The maximum atomic E-state index is 6.43. The number of nitrogen functional groups attached to an aromatic ring is 1. The van der Waals surface area contributed by atoms with Gasteiger partial charge in [-0.3, -0.25) is 4.40 Å². The fourth-order valence-corrected chi connectivity index (χ4v) is 6.35. The highest BCUT2D eigenvalue weighted by molar-refractivity contribution is 7.99. The molecule has 0 radical (unpaired) electrons. The summed E-state index contributed by atoms with van der Waals surface area (Å²) in [4.78, 5) is 18.0. The average molecular weight is 489 g/mol. The summed E-state index contributed by atoms with van der Waals surface area (Å²) in [7, 11) is 0. The number of para-hydroxylation sites is 1. The normalized spacial score (nSPS) is 17.0. The van der Waals surface area contributed by atoms with Gasteiger partial charge in [0.25, 0.3) is 0 Å². The number of imidazole rings is 2. The lowest BCUT2D eigenvalue weighted by atomic mass is 9.87. The number of fused-ring (bicyclic) bond motifs is 1. The first-order valence-electron chi connectivity index (χ1n) is 11.3. The number of nitrogens with two attached hydrogens (primary N) is 1. The van der Waals surface area contributed by atoms with Crippen LogP contribution in [-0.2, 0) is 6.42 Å². The predicted octanol–water partition coefficient (Wildman–Crippen LogP) is 5.08. The van der Waals surface area contributed by atoms with Crippen LogP contribution >= 0.6 is 23.4 Å². The van der Waals surface area contributed by atoms with Crippen LogP contribution in [0.5, 0.6) is 5.75 Å². The summed E-state index contributed by atoms with van der Waals surface area (Å²) in [5.74, 6) is 2.36. The van der Waals surface area contributed by atoms with E-state index in [9.17, 15) is 0 Å². The first kappa shape index (κ1) is 20.2. The third-order valence-electron chi connectivity index (χ3n) is 6.93. The molecule has 34 heavy (non-hydrogen) atoms. The third-order valence-corrected chi connectivity index (χ3v) is 8.54. The average Bonchev–Trinajstić information content (AvgIpc) is 3.54. The van der Waals surface area contributed by atoms with Gasteiger partial charge in [0.1, 0.15) is 28.3 Å². The van der Waals surface area contributed by atoms with Crippen LogP contribution in [0.25, 0.3) is 16.8 Å². The molecule has 2 N–H and O–H groups in total. The Hall–Kier alpha value is -3.23. The predicted molar refractivity (Wildman–Crippen MR) is 134 cm³/mol. The Labute approximate surface area is 205 Å². The van der Waals surface area contributed by atoms with Crippen molar-refractivity contribution in [1.29, 1.82) is 0 Å². The Morgan fingerprint density at radius 3 is 2.74 bits per heavy atom. The molecule has 7 nitrogen and oxygen atoms in total. The van der Waals surface area contributed by atoms with Crippen molar-refractivity contribution in [3.05, 3.63) is 65.4 Å². The number of nitrogens with zero attached hydrogens (tertiary/aromatic N) is 5. The van der Waals surface area contributed by atoms with Crippen molar-refractivity contribution in [2.45, 2.75) is 34.7 Å². The molecular formula is C25H21ClN6OS. The maximum absolute atomic E-state index is 6.43. The van der Waals surface area contributed by atoms with E-state index in [1.807, 2.05) is 30.5 Å². The molecule has 7 rings (SSSR count). The molecule has 1 saturated heterocycles. The maximum Gasteiger partial charge on any atom is 0.157 e. The molecule has 1 fully saturated rings.